The average Bonchev–Trinajstić information content (AvgIpc) is 2.69. The molecule has 3 aromatic carbocycles. The maximum absolute atomic E-state index is 13.4. The molecule has 144 valence electrons. The van der Waals surface area contributed by atoms with Crippen molar-refractivity contribution in [2.24, 2.45) is 0 Å². The first kappa shape index (κ1) is 19.6. The zero-order valence-electron chi connectivity index (χ0n) is 15.9. The lowest BCUT2D eigenvalue weighted by Crippen LogP contribution is -2.37. The summed E-state index contributed by atoms with van der Waals surface area (Å²) in [4.78, 5) is 13.3. The Morgan fingerprint density at radius 2 is 1.29 bits per heavy atom. The average molecular weight is 395 g/mol. The van der Waals surface area contributed by atoms with Crippen molar-refractivity contribution in [1.82, 2.24) is 0 Å². The van der Waals surface area contributed by atoms with E-state index < -0.39 is 15.9 Å². The largest absolute Gasteiger partial charge is 0.497 e. The number of anilines is 1. The van der Waals surface area contributed by atoms with Gasteiger partial charge in [-0.15, -0.1) is 0 Å². The Morgan fingerprint density at radius 3 is 1.79 bits per heavy atom. The van der Waals surface area contributed by atoms with Crippen molar-refractivity contribution in [2.45, 2.75) is 18.7 Å². The van der Waals surface area contributed by atoms with Crippen LogP contribution in [0.2, 0.25) is 0 Å². The number of benzene rings is 3. The van der Waals surface area contributed by atoms with Gasteiger partial charge in [0.1, 0.15) is 5.75 Å². The molecule has 1 amide bonds. The second-order valence-electron chi connectivity index (χ2n) is 6.45. The summed E-state index contributed by atoms with van der Waals surface area (Å²) in [5, 5.41) is 0. The predicted octanol–water partition coefficient (Wildman–Crippen LogP) is 4.35. The molecule has 0 aliphatic heterocycles. The van der Waals surface area contributed by atoms with Crippen LogP contribution in [0.1, 0.15) is 21.5 Å². The number of methoxy groups -OCH3 is 1. The molecule has 0 aliphatic carbocycles. The van der Waals surface area contributed by atoms with E-state index in [1.807, 2.05) is 13.8 Å². The van der Waals surface area contributed by atoms with E-state index in [0.29, 0.717) is 5.75 Å². The highest BCUT2D eigenvalue weighted by Crippen LogP contribution is 2.28. The summed E-state index contributed by atoms with van der Waals surface area (Å²) in [6, 6.07) is 19.6. The number of sulfonamides is 1. The number of rotatable bonds is 5. The van der Waals surface area contributed by atoms with Crippen LogP contribution in [-0.4, -0.2) is 21.4 Å². The van der Waals surface area contributed by atoms with Crippen molar-refractivity contribution in [2.75, 3.05) is 11.4 Å². The van der Waals surface area contributed by atoms with E-state index in [9.17, 15) is 13.2 Å². The minimum Gasteiger partial charge on any atom is -0.497 e. The minimum absolute atomic E-state index is 0.0504. The van der Waals surface area contributed by atoms with Crippen LogP contribution in [0.5, 0.6) is 5.75 Å². The number of aryl methyl sites for hydroxylation is 2. The zero-order valence-corrected chi connectivity index (χ0v) is 16.7. The van der Waals surface area contributed by atoms with Crippen LogP contribution >= 0.6 is 0 Å². The van der Waals surface area contributed by atoms with Crippen molar-refractivity contribution in [1.29, 1.82) is 0 Å². The molecule has 3 aromatic rings. The van der Waals surface area contributed by atoms with Gasteiger partial charge in [0.2, 0.25) is 0 Å². The molecular weight excluding hydrogens is 374 g/mol. The molecule has 0 radical (unpaired) electrons. The highest BCUT2D eigenvalue weighted by atomic mass is 32.2. The summed E-state index contributed by atoms with van der Waals surface area (Å²) < 4.78 is 32.7. The monoisotopic (exact) mass is 395 g/mol. The molecule has 0 heterocycles. The first-order chi connectivity index (χ1) is 13.3. The first-order valence-corrected chi connectivity index (χ1v) is 10.1. The molecule has 6 heteroatoms. The number of carbonyl (C=O) groups excluding carboxylic acids is 1. The topological polar surface area (TPSA) is 63.7 Å². The molecule has 0 bridgehead atoms. The van der Waals surface area contributed by atoms with Crippen molar-refractivity contribution < 1.29 is 17.9 Å². The Bertz CT molecular complexity index is 1070. The van der Waals surface area contributed by atoms with E-state index in [2.05, 4.69) is 0 Å². The molecule has 28 heavy (non-hydrogen) atoms. The predicted molar refractivity (Wildman–Crippen MR) is 109 cm³/mol. The number of amides is 1. The van der Waals surface area contributed by atoms with Crippen LogP contribution in [0.3, 0.4) is 0 Å². The fourth-order valence-electron chi connectivity index (χ4n) is 2.71. The summed E-state index contributed by atoms with van der Waals surface area (Å²) >= 11 is 0. The minimum atomic E-state index is -4.10. The fraction of sp³-hybridized carbons (Fsp3) is 0.136. The van der Waals surface area contributed by atoms with Crippen molar-refractivity contribution in [3.63, 3.8) is 0 Å². The Hall–Kier alpha value is -3.12. The third-order valence-corrected chi connectivity index (χ3v) is 6.07. The van der Waals surface area contributed by atoms with Gasteiger partial charge in [0.15, 0.2) is 0 Å². The number of hydrogen-bond acceptors (Lipinski definition) is 4. The Balaban J connectivity index is 2.13. The smallest absolute Gasteiger partial charge is 0.272 e. The Labute approximate surface area is 165 Å². The molecule has 0 saturated carbocycles. The van der Waals surface area contributed by atoms with Crippen LogP contribution < -0.4 is 9.04 Å². The Morgan fingerprint density at radius 1 is 0.786 bits per heavy atom. The maximum Gasteiger partial charge on any atom is 0.272 e. The van der Waals surface area contributed by atoms with Crippen molar-refractivity contribution in [3.8, 4) is 5.75 Å². The van der Waals surface area contributed by atoms with Gasteiger partial charge in [0.05, 0.1) is 17.7 Å². The summed E-state index contributed by atoms with van der Waals surface area (Å²) in [6.07, 6.45) is 0. The molecular formula is C22H21NO4S. The number of hydrogen-bond donors (Lipinski definition) is 0. The van der Waals surface area contributed by atoms with E-state index in [1.54, 1.807) is 60.7 Å². The van der Waals surface area contributed by atoms with Gasteiger partial charge < -0.3 is 4.74 Å². The lowest BCUT2D eigenvalue weighted by atomic mass is 10.1. The number of carbonyl (C=O) groups is 1. The fourth-order valence-corrected chi connectivity index (χ4v) is 4.13. The summed E-state index contributed by atoms with van der Waals surface area (Å²) in [5.41, 5.74) is 2.44. The lowest BCUT2D eigenvalue weighted by molar-refractivity contribution is 0.101. The standard InChI is InChI=1S/C22H21NO4S/c1-16-4-8-18(9-5-16)22(24)23(19-10-12-20(27-3)13-11-19)28(25,26)21-14-6-17(2)7-15-21/h4-15H,1-3H3. The van der Waals surface area contributed by atoms with Gasteiger partial charge in [-0.3, -0.25) is 4.79 Å². The van der Waals surface area contributed by atoms with Gasteiger partial charge in [-0.1, -0.05) is 35.4 Å². The zero-order chi connectivity index (χ0) is 20.3. The number of nitrogens with zero attached hydrogens (tertiary/aromatic N) is 1. The molecule has 0 spiro atoms. The van der Waals surface area contributed by atoms with Gasteiger partial charge in [-0.05, 0) is 62.4 Å². The second kappa shape index (κ2) is 7.86. The van der Waals surface area contributed by atoms with Gasteiger partial charge >= 0.3 is 0 Å². The lowest BCUT2D eigenvalue weighted by Gasteiger charge is -2.23. The van der Waals surface area contributed by atoms with Crippen LogP contribution in [0.15, 0.2) is 77.7 Å². The second-order valence-corrected chi connectivity index (χ2v) is 8.24. The highest BCUT2D eigenvalue weighted by Gasteiger charge is 2.31. The SMILES string of the molecule is COc1ccc(N(C(=O)c2ccc(C)cc2)S(=O)(=O)c2ccc(C)cc2)cc1. The number of ether oxygens (including phenoxy) is 1. The van der Waals surface area contributed by atoms with Crippen LogP contribution in [0.4, 0.5) is 5.69 Å². The summed E-state index contributed by atoms with van der Waals surface area (Å²) in [7, 11) is -2.58. The van der Waals surface area contributed by atoms with Crippen LogP contribution in [-0.2, 0) is 10.0 Å². The summed E-state index contributed by atoms with van der Waals surface area (Å²) in [5.74, 6) is -0.0510. The molecule has 0 fully saturated rings. The van der Waals surface area contributed by atoms with Gasteiger partial charge in [-0.25, -0.2) is 8.42 Å². The third kappa shape index (κ3) is 3.92. The van der Waals surface area contributed by atoms with Gasteiger partial charge in [0, 0.05) is 5.56 Å². The van der Waals surface area contributed by atoms with Gasteiger partial charge in [-0.2, -0.15) is 4.31 Å². The van der Waals surface area contributed by atoms with E-state index in [0.717, 1.165) is 15.4 Å². The van der Waals surface area contributed by atoms with Gasteiger partial charge in [0.25, 0.3) is 15.9 Å². The van der Waals surface area contributed by atoms with Crippen molar-refractivity contribution in [3.05, 3.63) is 89.5 Å². The molecule has 3 rings (SSSR count). The maximum atomic E-state index is 13.4. The Kier molecular flexibility index (Phi) is 5.51. The van der Waals surface area contributed by atoms with Crippen molar-refractivity contribution >= 4 is 21.6 Å². The van der Waals surface area contributed by atoms with Crippen LogP contribution in [0, 0.1) is 13.8 Å². The molecule has 0 N–H and O–H groups in total. The molecule has 0 aromatic heterocycles. The van der Waals surface area contributed by atoms with E-state index in [4.69, 9.17) is 4.74 Å². The molecule has 0 aliphatic rings. The van der Waals surface area contributed by atoms with E-state index in [-0.39, 0.29) is 16.1 Å². The van der Waals surface area contributed by atoms with E-state index >= 15 is 0 Å². The molecule has 0 saturated heterocycles. The molecule has 0 atom stereocenters. The first-order valence-electron chi connectivity index (χ1n) is 8.70. The third-order valence-electron chi connectivity index (χ3n) is 4.35. The quantitative estimate of drug-likeness (QED) is 0.644. The highest BCUT2D eigenvalue weighted by molar-refractivity contribution is 7.93. The normalized spacial score (nSPS) is 11.1. The molecule has 5 nitrogen and oxygen atoms in total. The summed E-state index contributed by atoms with van der Waals surface area (Å²) in [6.45, 7) is 3.77. The van der Waals surface area contributed by atoms with Crippen LogP contribution in [0.25, 0.3) is 0 Å². The molecule has 0 unspecified atom stereocenters. The van der Waals surface area contributed by atoms with E-state index in [1.165, 1.54) is 19.2 Å².